The highest BCUT2D eigenvalue weighted by Crippen LogP contribution is 2.46. The molecule has 0 saturated carbocycles. The van der Waals surface area contributed by atoms with Crippen LogP contribution in [-0.2, 0) is 23.4 Å². The summed E-state index contributed by atoms with van der Waals surface area (Å²) in [5, 5.41) is 24.0. The monoisotopic (exact) mass is 543 g/mol. The molecule has 2 aromatic rings. The van der Waals surface area contributed by atoms with Crippen molar-refractivity contribution in [3.8, 4) is 5.75 Å². The van der Waals surface area contributed by atoms with Gasteiger partial charge in [0, 0.05) is 12.4 Å². The second kappa shape index (κ2) is 13.3. The van der Waals surface area contributed by atoms with E-state index in [1.165, 1.54) is 37.5 Å². The molecule has 12 nitrogen and oxygen atoms in total. The predicted octanol–water partition coefficient (Wildman–Crippen LogP) is 2.41. The number of benzene rings is 1. The average Bonchev–Trinajstić information content (AvgIpc) is 3.09. The summed E-state index contributed by atoms with van der Waals surface area (Å²) in [5.41, 5.74) is -3.00. The number of esters is 1. The van der Waals surface area contributed by atoms with Crippen LogP contribution in [0, 0.1) is 0 Å². The average molecular weight is 544 g/mol. The van der Waals surface area contributed by atoms with Gasteiger partial charge < -0.3 is 24.2 Å². The van der Waals surface area contributed by atoms with E-state index in [9.17, 15) is 24.4 Å². The molecule has 206 valence electrons. The minimum Gasteiger partial charge on any atom is -0.462 e. The van der Waals surface area contributed by atoms with E-state index in [0.717, 1.165) is 11.5 Å². The number of nitrogens with zero attached hydrogens (tertiary/aromatic N) is 2. The zero-order valence-corrected chi connectivity index (χ0v) is 22.5. The van der Waals surface area contributed by atoms with Crippen molar-refractivity contribution in [3.05, 3.63) is 59.3 Å². The molecule has 37 heavy (non-hydrogen) atoms. The van der Waals surface area contributed by atoms with Gasteiger partial charge in [-0.2, -0.15) is 5.09 Å². The molecule has 6 atom stereocenters. The van der Waals surface area contributed by atoms with Crippen LogP contribution in [0.25, 0.3) is 0 Å². The topological polar surface area (TPSA) is 158 Å². The number of ether oxygens (including phenoxy) is 2. The lowest BCUT2D eigenvalue weighted by Crippen LogP contribution is -2.46. The first-order valence-corrected chi connectivity index (χ1v) is 13.3. The molecule has 1 aliphatic heterocycles. The number of hydrogen-bond donors (Lipinski definition) is 3. The largest absolute Gasteiger partial charge is 0.462 e. The highest BCUT2D eigenvalue weighted by Gasteiger charge is 2.54. The maximum Gasteiger partial charge on any atom is 0.459 e. The maximum absolute atomic E-state index is 13.8. The Hall–Kier alpha value is -2.60. The Bertz CT molecular complexity index is 1200. The second-order valence-corrected chi connectivity index (χ2v) is 9.95. The van der Waals surface area contributed by atoms with E-state index in [1.54, 1.807) is 32.0 Å². The molecule has 1 saturated heterocycles. The summed E-state index contributed by atoms with van der Waals surface area (Å²) in [5.74, 6) is -0.773. The number of rotatable bonds is 10. The van der Waals surface area contributed by atoms with E-state index in [-0.39, 0.29) is 5.75 Å². The number of carbonyl (C=O) groups excluding carboxylic acids is 1. The molecule has 1 aromatic carbocycles. The quantitative estimate of drug-likeness (QED) is 0.298. The van der Waals surface area contributed by atoms with E-state index in [0.29, 0.717) is 0 Å². The number of para-hydroxylation sites is 1. The van der Waals surface area contributed by atoms with Crippen molar-refractivity contribution in [2.75, 3.05) is 6.56 Å². The summed E-state index contributed by atoms with van der Waals surface area (Å²) in [6.07, 6.45) is -3.48. The van der Waals surface area contributed by atoms with E-state index in [2.05, 4.69) is 10.1 Å². The number of nitrogens with one attached hydrogen (secondary N) is 1. The zero-order chi connectivity index (χ0) is 29.6. The van der Waals surface area contributed by atoms with Crippen LogP contribution < -0.4 is 15.3 Å². The highest BCUT2D eigenvalue weighted by molar-refractivity contribution is 7.52. The van der Waals surface area contributed by atoms with Gasteiger partial charge in [-0.1, -0.05) is 32.0 Å². The lowest BCUT2D eigenvalue weighted by molar-refractivity contribution is -0.149. The van der Waals surface area contributed by atoms with Crippen molar-refractivity contribution in [2.24, 2.45) is 0 Å². The molecule has 0 bridgehead atoms. The molecule has 1 aliphatic rings. The van der Waals surface area contributed by atoms with Crippen molar-refractivity contribution in [1.29, 1.82) is 0 Å². The molecule has 2 heterocycles. The van der Waals surface area contributed by atoms with Gasteiger partial charge >= 0.3 is 19.4 Å². The van der Waals surface area contributed by atoms with Gasteiger partial charge in [-0.25, -0.2) is 14.3 Å². The normalized spacial score (nSPS) is 26.7. The van der Waals surface area contributed by atoms with Gasteiger partial charge in [-0.05, 0) is 45.9 Å². The van der Waals surface area contributed by atoms with Crippen LogP contribution in [0.5, 0.6) is 5.75 Å². The van der Waals surface area contributed by atoms with Crippen LogP contribution in [-0.4, -0.2) is 62.2 Å². The van der Waals surface area contributed by atoms with Gasteiger partial charge in [-0.15, -0.1) is 0 Å². The molecule has 0 aliphatic carbocycles. The van der Waals surface area contributed by atoms with Crippen LogP contribution >= 0.6 is 7.75 Å². The van der Waals surface area contributed by atoms with Crippen LogP contribution in [0.2, 0.25) is 0 Å². The fourth-order valence-electron chi connectivity index (χ4n) is 3.23. The second-order valence-electron chi connectivity index (χ2n) is 8.34. The molecule has 0 amide bonds. The van der Waals surface area contributed by atoms with Crippen molar-refractivity contribution in [2.45, 2.75) is 77.7 Å². The van der Waals surface area contributed by atoms with Gasteiger partial charge in [0.15, 0.2) is 6.23 Å². The number of aliphatic hydroxyl groups excluding tert-OH is 1. The van der Waals surface area contributed by atoms with Crippen LogP contribution in [0.4, 0.5) is 0 Å². The summed E-state index contributed by atoms with van der Waals surface area (Å²) in [7, 11) is -4.72. The highest BCUT2D eigenvalue weighted by atomic mass is 31.2. The molecule has 1 fully saturated rings. The molecule has 1 aromatic heterocycles. The molecule has 13 heteroatoms. The van der Waals surface area contributed by atoms with Crippen LogP contribution in [0.15, 0.2) is 53.6 Å². The lowest BCUT2D eigenvalue weighted by Gasteiger charge is -2.27. The summed E-state index contributed by atoms with van der Waals surface area (Å²) in [4.78, 5) is 28.1. The van der Waals surface area contributed by atoms with Crippen LogP contribution in [0.3, 0.4) is 0 Å². The molecular formula is C24H36N3O9P. The van der Waals surface area contributed by atoms with Crippen molar-refractivity contribution in [3.63, 3.8) is 0 Å². The van der Waals surface area contributed by atoms with E-state index < -0.39 is 62.1 Å². The Balaban J connectivity index is 0.00000260. The van der Waals surface area contributed by atoms with Gasteiger partial charge in [0.25, 0.3) is 0 Å². The van der Waals surface area contributed by atoms with E-state index >= 15 is 0 Å². The number of aliphatic hydroxyl groups is 2. The minimum absolute atomic E-state index is 0.0261. The summed E-state index contributed by atoms with van der Waals surface area (Å²) >= 11 is 0. The fraction of sp³-hybridized carbons (Fsp3) is 0.542. The van der Waals surface area contributed by atoms with Gasteiger partial charge in [-0.3, -0.25) is 13.9 Å². The van der Waals surface area contributed by atoms with E-state index in [4.69, 9.17) is 21.3 Å². The Kier molecular flexibility index (Phi) is 9.84. The summed E-state index contributed by atoms with van der Waals surface area (Å²) < 4.78 is 52.9. The van der Waals surface area contributed by atoms with Crippen molar-refractivity contribution in [1.82, 2.24) is 14.6 Å². The third-order valence-electron chi connectivity index (χ3n) is 4.97. The smallest absolute Gasteiger partial charge is 0.459 e. The van der Waals surface area contributed by atoms with Gasteiger partial charge in [0.05, 0.1) is 15.4 Å². The van der Waals surface area contributed by atoms with Crippen molar-refractivity contribution < 1.29 is 40.8 Å². The summed E-state index contributed by atoms with van der Waals surface area (Å²) in [6.45, 7) is 6.62. The van der Waals surface area contributed by atoms with Gasteiger partial charge in [0.2, 0.25) is 0 Å². The lowest BCUT2D eigenvalue weighted by atomic mass is 9.96. The number of aromatic nitrogens is 2. The first kappa shape index (κ1) is 27.4. The first-order valence-electron chi connectivity index (χ1n) is 12.8. The molecule has 0 radical (unpaired) electrons. The zero-order valence-electron chi connectivity index (χ0n) is 23.6. The summed E-state index contributed by atoms with van der Waals surface area (Å²) in [6, 6.07) is 7.80. The van der Waals surface area contributed by atoms with E-state index in [1.807, 2.05) is 13.8 Å². The Morgan fingerprint density at radius 2 is 1.95 bits per heavy atom. The molecular weight excluding hydrogens is 505 g/mol. The molecule has 3 N–H and O–H groups in total. The van der Waals surface area contributed by atoms with Gasteiger partial charge in [0.1, 0.15) is 29.6 Å². The SMILES string of the molecule is CC.[2H]C([2H])(OP(=O)(N[C@@H](C)C(=O)OC(C)C)Oc1ccccc1)[C@H]1OC(n2cccnc2=O)[C@](C)(O)[C@@H]1O. The maximum atomic E-state index is 13.8. The van der Waals surface area contributed by atoms with Crippen molar-refractivity contribution >= 4 is 13.7 Å². The third-order valence-corrected chi connectivity index (χ3v) is 6.47. The molecule has 3 rings (SSSR count). The number of carbonyl (C=O) groups is 1. The fourth-order valence-corrected chi connectivity index (χ4v) is 4.59. The predicted molar refractivity (Wildman–Crippen MR) is 135 cm³/mol. The van der Waals surface area contributed by atoms with Crippen LogP contribution in [0.1, 0.15) is 50.5 Å². The first-order chi connectivity index (χ1) is 18.2. The molecule has 0 spiro atoms. The standard InChI is InChI=1S/C22H30N3O9P.C2H6/c1-14(2)32-19(27)15(3)24-35(30,34-16-9-6-5-7-10-16)31-13-17-18(26)22(4,29)20(33-17)25-12-8-11-23-21(25)28;1-2/h5-12,14-15,17-18,20,26,29H,13H2,1-4H3,(H,24,30);1-2H3/t15-,17+,18+,20?,22+,35?;/m0./s1/i13D2;. The Morgan fingerprint density at radius 3 is 2.54 bits per heavy atom. The Labute approximate surface area is 218 Å². The number of hydrogen-bond acceptors (Lipinski definition) is 10. The molecule has 2 unspecified atom stereocenters. The minimum atomic E-state index is -4.72. The third kappa shape index (κ3) is 7.94. The Morgan fingerprint density at radius 1 is 1.30 bits per heavy atom.